The number of hydrogen-bond acceptors (Lipinski definition) is 5. The molecule has 0 atom stereocenters. The summed E-state index contributed by atoms with van der Waals surface area (Å²) in [5.74, 6) is 1.87. The first-order valence-corrected chi connectivity index (χ1v) is 10.8. The van der Waals surface area contributed by atoms with Gasteiger partial charge in [0.05, 0.1) is 12.5 Å². The molecule has 2 amide bonds. The molecule has 7 heteroatoms. The number of methoxy groups -OCH3 is 1. The van der Waals surface area contributed by atoms with Crippen molar-refractivity contribution in [3.8, 4) is 28.4 Å². The predicted octanol–water partition coefficient (Wildman–Crippen LogP) is 4.12. The molecular weight excluding hydrogens is 420 g/mol. The number of benzene rings is 3. The van der Waals surface area contributed by atoms with Crippen LogP contribution < -0.4 is 24.8 Å². The van der Waals surface area contributed by atoms with E-state index < -0.39 is 5.41 Å². The summed E-state index contributed by atoms with van der Waals surface area (Å²) in [4.78, 5) is 25.1. The molecular formula is C26H24N2O5. The lowest BCUT2D eigenvalue weighted by atomic mass is 9.94. The number of rotatable bonds is 6. The molecule has 0 saturated heterocycles. The third-order valence-electron chi connectivity index (χ3n) is 6.25. The van der Waals surface area contributed by atoms with E-state index in [0.717, 1.165) is 29.5 Å². The zero-order valence-corrected chi connectivity index (χ0v) is 18.4. The highest BCUT2D eigenvalue weighted by Crippen LogP contribution is 2.51. The van der Waals surface area contributed by atoms with Gasteiger partial charge in [0, 0.05) is 23.9 Å². The van der Waals surface area contributed by atoms with Gasteiger partial charge in [-0.2, -0.15) is 0 Å². The molecule has 0 bridgehead atoms. The fourth-order valence-electron chi connectivity index (χ4n) is 4.17. The molecule has 0 spiro atoms. The number of fused-ring (bicyclic) bond motifs is 1. The lowest BCUT2D eigenvalue weighted by Gasteiger charge is -2.18. The van der Waals surface area contributed by atoms with Crippen LogP contribution in [0.15, 0.2) is 60.7 Å². The van der Waals surface area contributed by atoms with Crippen molar-refractivity contribution in [3.63, 3.8) is 0 Å². The SMILES string of the molecule is CNC(=O)c1ccc(-c2cc(NC(=O)C3(c4ccc5c(c4)OCO5)CC3)ccc2OC)cc1. The first-order chi connectivity index (χ1) is 16.0. The average molecular weight is 444 g/mol. The zero-order valence-electron chi connectivity index (χ0n) is 18.4. The van der Waals surface area contributed by atoms with Crippen molar-refractivity contribution in [1.82, 2.24) is 5.32 Å². The standard InChI is InChI=1S/C26H24N2O5/c1-27-24(29)17-5-3-16(4-6-17)20-14-19(8-10-21(20)31-2)28-25(30)26(11-12-26)18-7-9-22-23(13-18)33-15-32-22/h3-10,13-14H,11-12,15H2,1-2H3,(H,27,29)(H,28,30). The summed E-state index contributed by atoms with van der Waals surface area (Å²) in [5, 5.41) is 5.70. The Morgan fingerprint density at radius 3 is 2.39 bits per heavy atom. The topological polar surface area (TPSA) is 85.9 Å². The molecule has 0 radical (unpaired) electrons. The molecule has 7 nitrogen and oxygen atoms in total. The number of anilines is 1. The van der Waals surface area contributed by atoms with E-state index >= 15 is 0 Å². The molecule has 1 fully saturated rings. The van der Waals surface area contributed by atoms with E-state index in [1.807, 2.05) is 48.5 Å². The Balaban J connectivity index is 1.40. The smallest absolute Gasteiger partial charge is 0.251 e. The van der Waals surface area contributed by atoms with Gasteiger partial charge in [-0.3, -0.25) is 9.59 Å². The number of amides is 2. The molecule has 5 rings (SSSR count). The maximum Gasteiger partial charge on any atom is 0.251 e. The number of carbonyl (C=O) groups is 2. The van der Waals surface area contributed by atoms with Crippen molar-refractivity contribution in [3.05, 3.63) is 71.8 Å². The summed E-state index contributed by atoms with van der Waals surface area (Å²) in [7, 11) is 3.20. The molecule has 0 aromatic heterocycles. The van der Waals surface area contributed by atoms with Gasteiger partial charge < -0.3 is 24.8 Å². The van der Waals surface area contributed by atoms with Crippen LogP contribution in [0.4, 0.5) is 5.69 Å². The molecule has 3 aromatic carbocycles. The van der Waals surface area contributed by atoms with Crippen LogP contribution in [0, 0.1) is 0 Å². The van der Waals surface area contributed by atoms with Crippen molar-refractivity contribution in [2.75, 3.05) is 26.3 Å². The van der Waals surface area contributed by atoms with Gasteiger partial charge in [-0.1, -0.05) is 18.2 Å². The third-order valence-corrected chi connectivity index (χ3v) is 6.25. The number of carbonyl (C=O) groups excluding carboxylic acids is 2. The average Bonchev–Trinajstić information content (AvgIpc) is 3.54. The third kappa shape index (κ3) is 3.75. The normalized spacial score (nSPS) is 15.0. The van der Waals surface area contributed by atoms with Crippen LogP contribution in [0.3, 0.4) is 0 Å². The summed E-state index contributed by atoms with van der Waals surface area (Å²) in [6.45, 7) is 0.205. The van der Waals surface area contributed by atoms with Gasteiger partial charge >= 0.3 is 0 Å². The van der Waals surface area contributed by atoms with Crippen LogP contribution in [0.1, 0.15) is 28.8 Å². The van der Waals surface area contributed by atoms with E-state index in [2.05, 4.69) is 10.6 Å². The van der Waals surface area contributed by atoms with E-state index in [4.69, 9.17) is 14.2 Å². The second kappa shape index (κ2) is 8.16. The predicted molar refractivity (Wildman–Crippen MR) is 124 cm³/mol. The van der Waals surface area contributed by atoms with E-state index in [-0.39, 0.29) is 18.6 Å². The van der Waals surface area contributed by atoms with Crippen molar-refractivity contribution >= 4 is 17.5 Å². The van der Waals surface area contributed by atoms with Gasteiger partial charge in [-0.05, 0) is 66.4 Å². The minimum atomic E-state index is -0.559. The van der Waals surface area contributed by atoms with Gasteiger partial charge in [-0.15, -0.1) is 0 Å². The summed E-state index contributed by atoms with van der Waals surface area (Å²) in [5.41, 5.74) is 3.33. The van der Waals surface area contributed by atoms with Crippen molar-refractivity contribution in [2.45, 2.75) is 18.3 Å². The molecule has 2 N–H and O–H groups in total. The van der Waals surface area contributed by atoms with Gasteiger partial charge in [0.25, 0.3) is 5.91 Å². The fraction of sp³-hybridized carbons (Fsp3) is 0.231. The van der Waals surface area contributed by atoms with Crippen LogP contribution in [0.5, 0.6) is 17.2 Å². The van der Waals surface area contributed by atoms with Crippen molar-refractivity contribution < 1.29 is 23.8 Å². The summed E-state index contributed by atoms with van der Waals surface area (Å²) >= 11 is 0. The second-order valence-corrected chi connectivity index (χ2v) is 8.18. The zero-order chi connectivity index (χ0) is 23.0. The minimum absolute atomic E-state index is 0.0487. The molecule has 168 valence electrons. The van der Waals surface area contributed by atoms with E-state index in [1.165, 1.54) is 0 Å². The van der Waals surface area contributed by atoms with E-state index in [1.54, 1.807) is 26.3 Å². The highest BCUT2D eigenvalue weighted by atomic mass is 16.7. The Hall–Kier alpha value is -4.00. The largest absolute Gasteiger partial charge is 0.496 e. The van der Waals surface area contributed by atoms with Crippen molar-refractivity contribution in [1.29, 1.82) is 0 Å². The lowest BCUT2D eigenvalue weighted by molar-refractivity contribution is -0.118. The molecule has 0 unspecified atom stereocenters. The summed E-state index contributed by atoms with van der Waals surface area (Å²) in [6, 6.07) is 18.5. The number of ether oxygens (including phenoxy) is 3. The molecule has 1 aliphatic heterocycles. The van der Waals surface area contributed by atoms with Crippen LogP contribution >= 0.6 is 0 Å². The highest BCUT2D eigenvalue weighted by molar-refractivity contribution is 6.02. The van der Waals surface area contributed by atoms with Crippen LogP contribution in [0.2, 0.25) is 0 Å². The molecule has 33 heavy (non-hydrogen) atoms. The Bertz CT molecular complexity index is 1230. The first kappa shape index (κ1) is 20.9. The quantitative estimate of drug-likeness (QED) is 0.597. The summed E-state index contributed by atoms with van der Waals surface area (Å²) in [6.07, 6.45) is 1.56. The Labute approximate surface area is 191 Å². The van der Waals surface area contributed by atoms with Gasteiger partial charge in [-0.25, -0.2) is 0 Å². The molecule has 1 aliphatic carbocycles. The number of hydrogen-bond donors (Lipinski definition) is 2. The molecule has 2 aliphatic rings. The summed E-state index contributed by atoms with van der Waals surface area (Å²) < 4.78 is 16.4. The van der Waals surface area contributed by atoms with E-state index in [0.29, 0.717) is 28.5 Å². The lowest BCUT2D eigenvalue weighted by Crippen LogP contribution is -2.27. The van der Waals surface area contributed by atoms with Crippen LogP contribution in [-0.4, -0.2) is 32.8 Å². The van der Waals surface area contributed by atoms with Crippen LogP contribution in [0.25, 0.3) is 11.1 Å². The molecule has 1 saturated carbocycles. The minimum Gasteiger partial charge on any atom is -0.496 e. The Kier molecular flexibility index (Phi) is 5.17. The first-order valence-electron chi connectivity index (χ1n) is 10.8. The van der Waals surface area contributed by atoms with Gasteiger partial charge in [0.1, 0.15) is 5.75 Å². The molecule has 1 heterocycles. The number of nitrogens with one attached hydrogen (secondary N) is 2. The van der Waals surface area contributed by atoms with Crippen molar-refractivity contribution in [2.24, 2.45) is 0 Å². The van der Waals surface area contributed by atoms with Gasteiger partial charge in [0.2, 0.25) is 12.7 Å². The highest BCUT2D eigenvalue weighted by Gasteiger charge is 2.51. The monoisotopic (exact) mass is 444 g/mol. The second-order valence-electron chi connectivity index (χ2n) is 8.18. The Morgan fingerprint density at radius 2 is 1.70 bits per heavy atom. The molecule has 3 aromatic rings. The maximum atomic E-state index is 13.3. The Morgan fingerprint density at radius 1 is 0.939 bits per heavy atom. The fourth-order valence-corrected chi connectivity index (χ4v) is 4.17. The van der Waals surface area contributed by atoms with Gasteiger partial charge in [0.15, 0.2) is 11.5 Å². The van der Waals surface area contributed by atoms with E-state index in [9.17, 15) is 9.59 Å². The van der Waals surface area contributed by atoms with Crippen LogP contribution in [-0.2, 0) is 10.2 Å². The maximum absolute atomic E-state index is 13.3.